The topological polar surface area (TPSA) is 122 Å². The highest BCUT2D eigenvalue weighted by Gasteiger charge is 2.06. The van der Waals surface area contributed by atoms with Crippen molar-refractivity contribution in [3.63, 3.8) is 0 Å². The molecule has 0 fully saturated rings. The van der Waals surface area contributed by atoms with Gasteiger partial charge in [0.15, 0.2) is 0 Å². The van der Waals surface area contributed by atoms with E-state index in [1.165, 1.54) is 23.3 Å². The third-order valence-corrected chi connectivity index (χ3v) is 2.11. The van der Waals surface area contributed by atoms with Crippen LogP contribution in [-0.2, 0) is 17.9 Å². The lowest BCUT2D eigenvalue weighted by molar-refractivity contribution is -0.137. The van der Waals surface area contributed by atoms with E-state index in [1.807, 2.05) is 0 Å². The summed E-state index contributed by atoms with van der Waals surface area (Å²) in [5, 5.41) is 21.1. The van der Waals surface area contributed by atoms with Gasteiger partial charge in [-0.05, 0) is 0 Å². The maximum absolute atomic E-state index is 11.5. The molecule has 2 aromatic heterocycles. The molecule has 0 aliphatic rings. The van der Waals surface area contributed by atoms with Crippen molar-refractivity contribution in [2.75, 3.05) is 5.32 Å². The fraction of sp³-hybridized carbons (Fsp3) is 0.200. The van der Waals surface area contributed by atoms with Gasteiger partial charge in [0.05, 0.1) is 18.4 Å². The van der Waals surface area contributed by atoms with E-state index in [1.54, 1.807) is 6.07 Å². The first kappa shape index (κ1) is 12.6. The number of carbonyl (C=O) groups is 2. The van der Waals surface area contributed by atoms with Crippen molar-refractivity contribution in [3.05, 3.63) is 30.4 Å². The normalized spacial score (nSPS) is 10.1. The Labute approximate surface area is 107 Å². The number of rotatable bonds is 5. The average Bonchev–Trinajstić information content (AvgIpc) is 2.97. The van der Waals surface area contributed by atoms with Crippen molar-refractivity contribution in [1.82, 2.24) is 20.3 Å². The van der Waals surface area contributed by atoms with Gasteiger partial charge >= 0.3 is 12.0 Å². The third kappa shape index (κ3) is 3.84. The molecule has 2 amide bonds. The van der Waals surface area contributed by atoms with E-state index in [9.17, 15) is 9.59 Å². The molecule has 100 valence electrons. The van der Waals surface area contributed by atoms with Crippen molar-refractivity contribution in [2.24, 2.45) is 0 Å². The highest BCUT2D eigenvalue weighted by molar-refractivity contribution is 5.88. The van der Waals surface area contributed by atoms with Gasteiger partial charge in [0.25, 0.3) is 0 Å². The molecule has 0 saturated heterocycles. The van der Waals surface area contributed by atoms with Gasteiger partial charge < -0.3 is 20.3 Å². The van der Waals surface area contributed by atoms with Gasteiger partial charge in [0, 0.05) is 12.3 Å². The summed E-state index contributed by atoms with van der Waals surface area (Å²) in [5.74, 6) is -1.01. The van der Waals surface area contributed by atoms with Crippen LogP contribution in [0, 0.1) is 0 Å². The van der Waals surface area contributed by atoms with Crippen LogP contribution in [0.3, 0.4) is 0 Å². The van der Waals surface area contributed by atoms with E-state index in [-0.39, 0.29) is 13.1 Å². The lowest BCUT2D eigenvalue weighted by Gasteiger charge is -2.03. The highest BCUT2D eigenvalue weighted by Crippen LogP contribution is 2.04. The van der Waals surface area contributed by atoms with Crippen LogP contribution >= 0.6 is 0 Å². The molecular formula is C10H11N5O4. The Morgan fingerprint density at radius 1 is 1.47 bits per heavy atom. The van der Waals surface area contributed by atoms with E-state index < -0.39 is 12.0 Å². The summed E-state index contributed by atoms with van der Waals surface area (Å²) in [4.78, 5) is 22.0. The average molecular weight is 265 g/mol. The van der Waals surface area contributed by atoms with E-state index in [0.717, 1.165) is 0 Å². The summed E-state index contributed by atoms with van der Waals surface area (Å²) >= 11 is 0. The molecule has 0 aliphatic carbocycles. The number of aromatic nitrogens is 3. The summed E-state index contributed by atoms with van der Waals surface area (Å²) in [5.41, 5.74) is 0.996. The highest BCUT2D eigenvalue weighted by atomic mass is 16.5. The maximum Gasteiger partial charge on any atom is 0.325 e. The molecule has 3 N–H and O–H groups in total. The standard InChI is InChI=1S/C10H11N5O4/c16-9(17)6-15-5-8(4-12-15)13-10(18)11-3-7-1-2-19-14-7/h1-2,4-5H,3,6H2,(H,16,17)(H2,11,13,18). The molecule has 2 aromatic rings. The third-order valence-electron chi connectivity index (χ3n) is 2.11. The molecule has 9 heteroatoms. The number of carboxylic acid groups (broad SMARTS) is 1. The number of hydrogen-bond donors (Lipinski definition) is 3. The summed E-state index contributed by atoms with van der Waals surface area (Å²) in [7, 11) is 0. The summed E-state index contributed by atoms with van der Waals surface area (Å²) < 4.78 is 5.82. The Morgan fingerprint density at radius 2 is 2.32 bits per heavy atom. The van der Waals surface area contributed by atoms with Crippen LogP contribution in [0.5, 0.6) is 0 Å². The van der Waals surface area contributed by atoms with E-state index in [4.69, 9.17) is 5.11 Å². The molecule has 0 aromatic carbocycles. The second kappa shape index (κ2) is 5.67. The molecule has 0 atom stereocenters. The predicted molar refractivity (Wildman–Crippen MR) is 62.2 cm³/mol. The second-order valence-corrected chi connectivity index (χ2v) is 3.62. The first-order chi connectivity index (χ1) is 9.13. The number of hydrogen-bond acceptors (Lipinski definition) is 5. The van der Waals surface area contributed by atoms with Gasteiger partial charge in [-0.25, -0.2) is 4.79 Å². The Balaban J connectivity index is 1.81. The van der Waals surface area contributed by atoms with Gasteiger partial charge in [-0.2, -0.15) is 5.10 Å². The number of carboxylic acids is 1. The van der Waals surface area contributed by atoms with Crippen LogP contribution < -0.4 is 10.6 Å². The SMILES string of the molecule is O=C(O)Cn1cc(NC(=O)NCc2ccon2)cn1. The molecule has 0 unspecified atom stereocenters. The lowest BCUT2D eigenvalue weighted by atomic mass is 10.4. The van der Waals surface area contributed by atoms with E-state index >= 15 is 0 Å². The number of anilines is 1. The smallest absolute Gasteiger partial charge is 0.325 e. The Hall–Kier alpha value is -2.84. The first-order valence-corrected chi connectivity index (χ1v) is 5.32. The molecule has 2 rings (SSSR count). The first-order valence-electron chi connectivity index (χ1n) is 5.32. The van der Waals surface area contributed by atoms with E-state index in [2.05, 4.69) is 25.4 Å². The number of carbonyl (C=O) groups excluding carboxylic acids is 1. The monoisotopic (exact) mass is 265 g/mol. The number of amides is 2. The van der Waals surface area contributed by atoms with Crippen LogP contribution in [0.2, 0.25) is 0 Å². The maximum atomic E-state index is 11.5. The zero-order valence-electron chi connectivity index (χ0n) is 9.74. The van der Waals surface area contributed by atoms with Crippen LogP contribution in [0.25, 0.3) is 0 Å². The summed E-state index contributed by atoms with van der Waals surface area (Å²) in [6.07, 6.45) is 4.19. The fourth-order valence-electron chi connectivity index (χ4n) is 1.33. The Morgan fingerprint density at radius 3 is 3.00 bits per heavy atom. The number of urea groups is 1. The Bertz CT molecular complexity index is 562. The summed E-state index contributed by atoms with van der Waals surface area (Å²) in [6.45, 7) is -0.0339. The molecule has 0 aliphatic heterocycles. The molecule has 19 heavy (non-hydrogen) atoms. The van der Waals surface area contributed by atoms with Crippen molar-refractivity contribution in [2.45, 2.75) is 13.1 Å². The van der Waals surface area contributed by atoms with Gasteiger partial charge in [-0.15, -0.1) is 0 Å². The van der Waals surface area contributed by atoms with Crippen molar-refractivity contribution in [3.8, 4) is 0 Å². The molecule has 0 radical (unpaired) electrons. The largest absolute Gasteiger partial charge is 0.480 e. The van der Waals surface area contributed by atoms with Gasteiger partial charge in [-0.1, -0.05) is 5.16 Å². The van der Waals surface area contributed by atoms with Gasteiger partial charge in [0.1, 0.15) is 18.5 Å². The summed E-state index contributed by atoms with van der Waals surface area (Å²) in [6, 6.07) is 1.18. The molecular weight excluding hydrogens is 254 g/mol. The Kier molecular flexibility index (Phi) is 3.76. The molecule has 2 heterocycles. The second-order valence-electron chi connectivity index (χ2n) is 3.62. The predicted octanol–water partition coefficient (Wildman–Crippen LogP) is 0.277. The van der Waals surface area contributed by atoms with Crippen molar-refractivity contribution in [1.29, 1.82) is 0 Å². The molecule has 0 spiro atoms. The zero-order chi connectivity index (χ0) is 13.7. The zero-order valence-corrected chi connectivity index (χ0v) is 9.74. The minimum atomic E-state index is -1.01. The fourth-order valence-corrected chi connectivity index (χ4v) is 1.33. The minimum absolute atomic E-state index is 0.228. The van der Waals surface area contributed by atoms with Gasteiger partial charge in [0.2, 0.25) is 0 Å². The minimum Gasteiger partial charge on any atom is -0.480 e. The van der Waals surface area contributed by atoms with Crippen LogP contribution in [0.4, 0.5) is 10.5 Å². The molecule has 9 nitrogen and oxygen atoms in total. The van der Waals surface area contributed by atoms with Crippen molar-refractivity contribution < 1.29 is 19.2 Å². The lowest BCUT2D eigenvalue weighted by Crippen LogP contribution is -2.28. The van der Waals surface area contributed by atoms with Crippen molar-refractivity contribution >= 4 is 17.7 Å². The molecule has 0 bridgehead atoms. The number of nitrogens with zero attached hydrogens (tertiary/aromatic N) is 3. The number of nitrogens with one attached hydrogen (secondary N) is 2. The quantitative estimate of drug-likeness (QED) is 0.713. The number of aliphatic carboxylic acids is 1. The molecule has 0 saturated carbocycles. The van der Waals surface area contributed by atoms with E-state index in [0.29, 0.717) is 11.4 Å². The van der Waals surface area contributed by atoms with Gasteiger partial charge in [-0.3, -0.25) is 9.48 Å². The van der Waals surface area contributed by atoms with Crippen LogP contribution in [0.15, 0.2) is 29.2 Å². The van der Waals surface area contributed by atoms with Crippen LogP contribution in [-0.4, -0.2) is 32.0 Å². The van der Waals surface area contributed by atoms with Crippen LogP contribution in [0.1, 0.15) is 5.69 Å².